The Morgan fingerprint density at radius 1 is 1.46 bits per heavy atom. The molecule has 0 radical (unpaired) electrons. The van der Waals surface area contributed by atoms with Crippen LogP contribution in [0.3, 0.4) is 0 Å². The molecule has 0 saturated heterocycles. The molecule has 3 nitrogen and oxygen atoms in total. The van der Waals surface area contributed by atoms with Crippen LogP contribution in [0.5, 0.6) is 0 Å². The molecule has 13 heavy (non-hydrogen) atoms. The topological polar surface area (TPSA) is 38.3 Å². The minimum absolute atomic E-state index is 0.304. The molecule has 0 aromatic heterocycles. The molecule has 5 heteroatoms. The van der Waals surface area contributed by atoms with Crippen molar-refractivity contribution >= 4 is 5.97 Å². The number of hydrogen-bond acceptors (Lipinski definition) is 3. The summed E-state index contributed by atoms with van der Waals surface area (Å²) in [6, 6.07) is -0.304. The van der Waals surface area contributed by atoms with Crippen LogP contribution in [0.2, 0.25) is 0 Å². The van der Waals surface area contributed by atoms with Gasteiger partial charge in [0.1, 0.15) is 0 Å². The van der Waals surface area contributed by atoms with Gasteiger partial charge in [0.15, 0.2) is 0 Å². The predicted octanol–water partition coefficient (Wildman–Crippen LogP) is 1.04. The molecule has 0 spiro atoms. The lowest BCUT2D eigenvalue weighted by molar-refractivity contribution is -0.145. The number of hydrogen-bond donors (Lipinski definition) is 1. The summed E-state index contributed by atoms with van der Waals surface area (Å²) in [6.45, 7) is 2.90. The van der Waals surface area contributed by atoms with Crippen LogP contribution < -0.4 is 5.32 Å². The van der Waals surface area contributed by atoms with E-state index < -0.39 is 24.9 Å². The first-order valence-corrected chi connectivity index (χ1v) is 4.08. The highest BCUT2D eigenvalue weighted by Crippen LogP contribution is 2.04. The molecule has 0 aliphatic carbocycles. The number of halogens is 2. The second-order valence-corrected chi connectivity index (χ2v) is 2.90. The summed E-state index contributed by atoms with van der Waals surface area (Å²) in [7, 11) is 1.28. The molecular formula is C8H15F2NO2. The van der Waals surface area contributed by atoms with Crippen molar-refractivity contribution in [2.75, 3.05) is 13.7 Å². The Morgan fingerprint density at radius 3 is 2.38 bits per heavy atom. The van der Waals surface area contributed by atoms with Crippen molar-refractivity contribution in [1.82, 2.24) is 5.32 Å². The van der Waals surface area contributed by atoms with E-state index in [1.165, 1.54) is 7.11 Å². The molecule has 0 rings (SSSR count). The van der Waals surface area contributed by atoms with Crippen LogP contribution in [-0.4, -0.2) is 32.1 Å². The monoisotopic (exact) mass is 195 g/mol. The Morgan fingerprint density at radius 2 is 2.00 bits per heavy atom. The third-order valence-electron chi connectivity index (χ3n) is 1.92. The molecule has 2 unspecified atom stereocenters. The van der Waals surface area contributed by atoms with Gasteiger partial charge < -0.3 is 10.1 Å². The van der Waals surface area contributed by atoms with E-state index in [9.17, 15) is 13.6 Å². The summed E-state index contributed by atoms with van der Waals surface area (Å²) >= 11 is 0. The van der Waals surface area contributed by atoms with E-state index >= 15 is 0 Å². The van der Waals surface area contributed by atoms with Crippen LogP contribution in [0.1, 0.15) is 13.8 Å². The summed E-state index contributed by atoms with van der Waals surface area (Å²) in [5, 5.41) is 2.55. The average molecular weight is 195 g/mol. The predicted molar refractivity (Wildman–Crippen MR) is 44.6 cm³/mol. The van der Waals surface area contributed by atoms with Crippen LogP contribution >= 0.6 is 0 Å². The summed E-state index contributed by atoms with van der Waals surface area (Å²) in [5.41, 5.74) is 0. The van der Waals surface area contributed by atoms with Crippen LogP contribution in [0, 0.1) is 5.92 Å². The van der Waals surface area contributed by atoms with Crippen LogP contribution in [-0.2, 0) is 9.53 Å². The third-order valence-corrected chi connectivity index (χ3v) is 1.92. The fraction of sp³-hybridized carbons (Fsp3) is 0.875. The Balaban J connectivity index is 3.82. The van der Waals surface area contributed by atoms with Gasteiger partial charge in [-0.05, 0) is 6.92 Å². The maximum Gasteiger partial charge on any atom is 0.309 e. The van der Waals surface area contributed by atoms with E-state index in [4.69, 9.17) is 0 Å². The van der Waals surface area contributed by atoms with Gasteiger partial charge in [-0.1, -0.05) is 6.92 Å². The third kappa shape index (κ3) is 4.77. The van der Waals surface area contributed by atoms with Gasteiger partial charge in [0.05, 0.1) is 19.6 Å². The van der Waals surface area contributed by atoms with Gasteiger partial charge in [0, 0.05) is 6.04 Å². The molecule has 78 valence electrons. The normalized spacial score (nSPS) is 15.5. The maximum absolute atomic E-state index is 11.8. The Hall–Kier alpha value is -0.710. The molecule has 2 atom stereocenters. The van der Waals surface area contributed by atoms with E-state index in [0.29, 0.717) is 0 Å². The number of rotatable bonds is 5. The standard InChI is InChI=1S/C8H15F2NO2/c1-5(8(12)13-3)6(2)11-4-7(9)10/h5-7,11H,4H2,1-3H3. The molecule has 0 fully saturated rings. The molecule has 0 amide bonds. The van der Waals surface area contributed by atoms with Gasteiger partial charge >= 0.3 is 5.97 Å². The van der Waals surface area contributed by atoms with Crippen molar-refractivity contribution < 1.29 is 18.3 Å². The first-order chi connectivity index (χ1) is 5.99. The van der Waals surface area contributed by atoms with Crippen molar-refractivity contribution in [1.29, 1.82) is 0 Å². The number of carbonyl (C=O) groups excluding carboxylic acids is 1. The molecule has 0 aromatic carbocycles. The van der Waals surface area contributed by atoms with Crippen molar-refractivity contribution in [3.05, 3.63) is 0 Å². The Kier molecular flexibility index (Phi) is 5.53. The van der Waals surface area contributed by atoms with Gasteiger partial charge in [-0.15, -0.1) is 0 Å². The van der Waals surface area contributed by atoms with E-state index in [-0.39, 0.29) is 6.04 Å². The molecule has 0 saturated carbocycles. The molecule has 0 aliphatic heterocycles. The zero-order chi connectivity index (χ0) is 10.4. The minimum atomic E-state index is -2.40. The average Bonchev–Trinajstić information content (AvgIpc) is 2.11. The highest BCUT2D eigenvalue weighted by atomic mass is 19.3. The van der Waals surface area contributed by atoms with E-state index in [2.05, 4.69) is 10.1 Å². The fourth-order valence-corrected chi connectivity index (χ4v) is 0.842. The number of nitrogens with one attached hydrogen (secondary N) is 1. The lowest BCUT2D eigenvalue weighted by atomic mass is 10.0. The number of ether oxygens (including phenoxy) is 1. The van der Waals surface area contributed by atoms with Gasteiger partial charge in [-0.3, -0.25) is 4.79 Å². The van der Waals surface area contributed by atoms with E-state index in [1.807, 2.05) is 0 Å². The van der Waals surface area contributed by atoms with Crippen LogP contribution in [0.15, 0.2) is 0 Å². The first-order valence-electron chi connectivity index (χ1n) is 4.08. The summed E-state index contributed by atoms with van der Waals surface area (Å²) in [4.78, 5) is 10.9. The van der Waals surface area contributed by atoms with Gasteiger partial charge in [0.2, 0.25) is 0 Å². The minimum Gasteiger partial charge on any atom is -0.469 e. The first kappa shape index (κ1) is 12.3. The van der Waals surface area contributed by atoms with Crippen molar-refractivity contribution in [3.8, 4) is 0 Å². The summed E-state index contributed by atoms with van der Waals surface area (Å²) in [5.74, 6) is -0.807. The summed E-state index contributed by atoms with van der Waals surface area (Å²) in [6.07, 6.45) is -2.40. The smallest absolute Gasteiger partial charge is 0.309 e. The van der Waals surface area contributed by atoms with E-state index in [0.717, 1.165) is 0 Å². The van der Waals surface area contributed by atoms with Gasteiger partial charge in [-0.25, -0.2) is 8.78 Å². The van der Waals surface area contributed by atoms with Crippen molar-refractivity contribution in [2.24, 2.45) is 5.92 Å². The highest BCUT2D eigenvalue weighted by molar-refractivity contribution is 5.72. The molecule has 0 heterocycles. The molecule has 0 bridgehead atoms. The molecular weight excluding hydrogens is 180 g/mol. The van der Waals surface area contributed by atoms with Crippen LogP contribution in [0.4, 0.5) is 8.78 Å². The molecule has 1 N–H and O–H groups in total. The van der Waals surface area contributed by atoms with Crippen LogP contribution in [0.25, 0.3) is 0 Å². The zero-order valence-corrected chi connectivity index (χ0v) is 8.01. The second kappa shape index (κ2) is 5.85. The fourth-order valence-electron chi connectivity index (χ4n) is 0.842. The lowest BCUT2D eigenvalue weighted by Gasteiger charge is -2.18. The second-order valence-electron chi connectivity index (χ2n) is 2.90. The Bertz CT molecular complexity index is 164. The zero-order valence-electron chi connectivity index (χ0n) is 8.01. The quantitative estimate of drug-likeness (QED) is 0.666. The van der Waals surface area contributed by atoms with Gasteiger partial charge in [0.25, 0.3) is 6.43 Å². The SMILES string of the molecule is COC(=O)C(C)C(C)NCC(F)F. The molecule has 0 aliphatic rings. The summed E-state index contributed by atoms with van der Waals surface area (Å²) < 4.78 is 28.0. The Labute approximate surface area is 76.4 Å². The number of carbonyl (C=O) groups is 1. The number of esters is 1. The lowest BCUT2D eigenvalue weighted by Crippen LogP contribution is -2.39. The number of methoxy groups -OCH3 is 1. The molecule has 0 aromatic rings. The largest absolute Gasteiger partial charge is 0.469 e. The van der Waals surface area contributed by atoms with Gasteiger partial charge in [-0.2, -0.15) is 0 Å². The number of alkyl halides is 2. The van der Waals surface area contributed by atoms with E-state index in [1.54, 1.807) is 13.8 Å². The maximum atomic E-state index is 11.8. The van der Waals surface area contributed by atoms with Crippen molar-refractivity contribution in [3.63, 3.8) is 0 Å². The highest BCUT2D eigenvalue weighted by Gasteiger charge is 2.20. The van der Waals surface area contributed by atoms with Crippen molar-refractivity contribution in [2.45, 2.75) is 26.3 Å².